The van der Waals surface area contributed by atoms with Gasteiger partial charge in [-0.1, -0.05) is 84.9 Å². The van der Waals surface area contributed by atoms with E-state index in [-0.39, 0.29) is 0 Å². The summed E-state index contributed by atoms with van der Waals surface area (Å²) < 4.78 is 0. The van der Waals surface area contributed by atoms with Crippen molar-refractivity contribution < 1.29 is 0 Å². The molecule has 0 aliphatic rings. The Bertz CT molecular complexity index is 1090. The molecule has 0 amide bonds. The molecule has 0 heterocycles. The summed E-state index contributed by atoms with van der Waals surface area (Å²) in [5.41, 5.74) is 0. The predicted molar refractivity (Wildman–Crippen MR) is 108 cm³/mol. The van der Waals surface area contributed by atoms with E-state index in [1.54, 1.807) is 0 Å². The molecule has 0 unspecified atom stereocenters. The van der Waals surface area contributed by atoms with Crippen molar-refractivity contribution in [2.75, 3.05) is 0 Å². The molecule has 0 aliphatic carbocycles. The van der Waals surface area contributed by atoms with E-state index in [1.807, 2.05) is 0 Å². The molecular formula is C24H18. The van der Waals surface area contributed by atoms with Crippen LogP contribution < -0.4 is 0 Å². The molecule has 5 rings (SSSR count). The van der Waals surface area contributed by atoms with Crippen molar-refractivity contribution in [3.63, 3.8) is 0 Å². The number of rotatable bonds is 0. The standard InChI is InChI=1S/C22H14.C2H4/c1-3-7-17-15(5-1)9-11-21-19(17)13-14-20-18-8-4-2-6-16(18)10-12-22(20)21;1-2/h1-14H;1-2H2. The maximum Gasteiger partial charge on any atom is -0.00987 e. The van der Waals surface area contributed by atoms with E-state index in [9.17, 15) is 0 Å². The minimum absolute atomic E-state index is 1.30. The van der Waals surface area contributed by atoms with Crippen molar-refractivity contribution in [3.8, 4) is 0 Å². The SMILES string of the molecule is C=C.c1ccc2c(c1)ccc1c2ccc2c3ccccc3ccc21. The maximum absolute atomic E-state index is 3.00. The van der Waals surface area contributed by atoms with Gasteiger partial charge in [-0.2, -0.15) is 0 Å². The molecule has 0 spiro atoms. The van der Waals surface area contributed by atoms with Gasteiger partial charge in [-0.25, -0.2) is 0 Å². The molecule has 114 valence electrons. The molecule has 0 aromatic heterocycles. The fourth-order valence-corrected chi connectivity index (χ4v) is 3.59. The van der Waals surface area contributed by atoms with Crippen LogP contribution in [0, 0.1) is 0 Å². The van der Waals surface area contributed by atoms with Gasteiger partial charge in [0.2, 0.25) is 0 Å². The second-order valence-electron chi connectivity index (χ2n) is 5.83. The smallest absolute Gasteiger partial charge is 0.00987 e. The highest BCUT2D eigenvalue weighted by molar-refractivity contribution is 6.22. The summed E-state index contributed by atoms with van der Waals surface area (Å²) in [4.78, 5) is 0. The van der Waals surface area contributed by atoms with Crippen molar-refractivity contribution in [2.24, 2.45) is 0 Å². The molecule has 5 aromatic rings. The molecule has 5 aromatic carbocycles. The van der Waals surface area contributed by atoms with E-state index in [2.05, 4.69) is 98.1 Å². The van der Waals surface area contributed by atoms with Crippen LogP contribution in [0.1, 0.15) is 0 Å². The predicted octanol–water partition coefficient (Wildman–Crippen LogP) is 7.10. The summed E-state index contributed by atoms with van der Waals surface area (Å²) >= 11 is 0. The fourth-order valence-electron chi connectivity index (χ4n) is 3.59. The number of benzene rings is 5. The van der Waals surface area contributed by atoms with Gasteiger partial charge in [0, 0.05) is 0 Å². The summed E-state index contributed by atoms with van der Waals surface area (Å²) in [6.45, 7) is 6.00. The first-order valence-electron chi connectivity index (χ1n) is 8.14. The summed E-state index contributed by atoms with van der Waals surface area (Å²) in [5, 5.41) is 10.6. The first-order chi connectivity index (χ1) is 11.9. The third kappa shape index (κ3) is 2.08. The molecule has 24 heavy (non-hydrogen) atoms. The van der Waals surface area contributed by atoms with E-state index in [1.165, 1.54) is 43.1 Å². The van der Waals surface area contributed by atoms with Gasteiger partial charge in [-0.05, 0) is 43.1 Å². The Morgan fingerprint density at radius 3 is 1.12 bits per heavy atom. The fraction of sp³-hybridized carbons (Fsp3) is 0. The first-order valence-corrected chi connectivity index (χ1v) is 8.14. The lowest BCUT2D eigenvalue weighted by molar-refractivity contribution is 1.78. The van der Waals surface area contributed by atoms with Crippen molar-refractivity contribution in [3.05, 3.63) is 98.1 Å². The van der Waals surface area contributed by atoms with Gasteiger partial charge in [0.05, 0.1) is 0 Å². The summed E-state index contributed by atoms with van der Waals surface area (Å²) in [6.07, 6.45) is 0. The van der Waals surface area contributed by atoms with E-state index in [4.69, 9.17) is 0 Å². The van der Waals surface area contributed by atoms with Crippen LogP contribution in [0.2, 0.25) is 0 Å². The molecule has 0 N–H and O–H groups in total. The van der Waals surface area contributed by atoms with Crippen LogP contribution in [0.5, 0.6) is 0 Å². The van der Waals surface area contributed by atoms with Gasteiger partial charge in [0.15, 0.2) is 0 Å². The van der Waals surface area contributed by atoms with E-state index < -0.39 is 0 Å². The highest BCUT2D eigenvalue weighted by Gasteiger charge is 2.06. The van der Waals surface area contributed by atoms with Crippen LogP contribution in [0.15, 0.2) is 98.1 Å². The maximum atomic E-state index is 3.00. The van der Waals surface area contributed by atoms with Gasteiger partial charge in [-0.3, -0.25) is 0 Å². The molecule has 0 aliphatic heterocycles. The van der Waals surface area contributed by atoms with Crippen LogP contribution in [-0.2, 0) is 0 Å². The topological polar surface area (TPSA) is 0 Å². The van der Waals surface area contributed by atoms with Gasteiger partial charge in [0.1, 0.15) is 0 Å². The van der Waals surface area contributed by atoms with Crippen molar-refractivity contribution >= 4 is 43.1 Å². The zero-order chi connectivity index (χ0) is 16.5. The number of hydrogen-bond donors (Lipinski definition) is 0. The van der Waals surface area contributed by atoms with Crippen LogP contribution in [0.4, 0.5) is 0 Å². The number of fused-ring (bicyclic) bond motifs is 7. The molecule has 0 radical (unpaired) electrons. The minimum Gasteiger partial charge on any atom is -0.106 e. The summed E-state index contributed by atoms with van der Waals surface area (Å²) in [5.74, 6) is 0. The van der Waals surface area contributed by atoms with Crippen LogP contribution in [-0.4, -0.2) is 0 Å². The normalized spacial score (nSPS) is 10.8. The third-order valence-corrected chi connectivity index (χ3v) is 4.65. The molecular weight excluding hydrogens is 288 g/mol. The molecule has 0 bridgehead atoms. The van der Waals surface area contributed by atoms with Crippen molar-refractivity contribution in [1.29, 1.82) is 0 Å². The van der Waals surface area contributed by atoms with Crippen LogP contribution in [0.3, 0.4) is 0 Å². The zero-order valence-electron chi connectivity index (χ0n) is 13.5. The molecule has 0 heteroatoms. The lowest BCUT2D eigenvalue weighted by atomic mass is 9.94. The highest BCUT2D eigenvalue weighted by Crippen LogP contribution is 2.34. The van der Waals surface area contributed by atoms with E-state index in [0.717, 1.165) is 0 Å². The lowest BCUT2D eigenvalue weighted by Gasteiger charge is -2.09. The van der Waals surface area contributed by atoms with Crippen LogP contribution in [0.25, 0.3) is 43.1 Å². The zero-order valence-corrected chi connectivity index (χ0v) is 13.5. The second kappa shape index (κ2) is 5.82. The Hall–Kier alpha value is -3.12. The summed E-state index contributed by atoms with van der Waals surface area (Å²) in [7, 11) is 0. The molecule has 0 nitrogen and oxygen atoms in total. The van der Waals surface area contributed by atoms with Gasteiger partial charge in [0.25, 0.3) is 0 Å². The Morgan fingerprint density at radius 1 is 0.333 bits per heavy atom. The average molecular weight is 306 g/mol. The highest BCUT2D eigenvalue weighted by atomic mass is 14.1. The molecule has 0 atom stereocenters. The molecule has 0 fully saturated rings. The Kier molecular flexibility index (Phi) is 3.51. The largest absolute Gasteiger partial charge is 0.106 e. The number of hydrogen-bond acceptors (Lipinski definition) is 0. The van der Waals surface area contributed by atoms with Gasteiger partial charge in [-0.15, -0.1) is 13.2 Å². The Morgan fingerprint density at radius 2 is 0.667 bits per heavy atom. The Balaban J connectivity index is 0.000000704. The van der Waals surface area contributed by atoms with Crippen LogP contribution >= 0.6 is 0 Å². The monoisotopic (exact) mass is 306 g/mol. The van der Waals surface area contributed by atoms with Gasteiger partial charge >= 0.3 is 0 Å². The molecule has 0 saturated carbocycles. The lowest BCUT2D eigenvalue weighted by Crippen LogP contribution is -1.82. The third-order valence-electron chi connectivity index (χ3n) is 4.65. The van der Waals surface area contributed by atoms with E-state index >= 15 is 0 Å². The quantitative estimate of drug-likeness (QED) is 0.211. The summed E-state index contributed by atoms with van der Waals surface area (Å²) in [6, 6.07) is 30.7. The van der Waals surface area contributed by atoms with E-state index in [0.29, 0.717) is 0 Å². The first kappa shape index (κ1) is 14.5. The molecule has 0 saturated heterocycles. The van der Waals surface area contributed by atoms with Crippen molar-refractivity contribution in [1.82, 2.24) is 0 Å². The van der Waals surface area contributed by atoms with Crippen molar-refractivity contribution in [2.45, 2.75) is 0 Å². The van der Waals surface area contributed by atoms with Gasteiger partial charge < -0.3 is 0 Å². The average Bonchev–Trinajstić information content (AvgIpc) is 2.68. The second-order valence-corrected chi connectivity index (χ2v) is 5.83. The Labute approximate surface area is 141 Å². The minimum atomic E-state index is 1.30.